The van der Waals surface area contributed by atoms with Crippen LogP contribution in [0.25, 0.3) is 0 Å². The molecule has 0 saturated carbocycles. The largest absolute Gasteiger partial charge is 0.486 e. The number of hydrogen-bond acceptors (Lipinski definition) is 6. The van der Waals surface area contributed by atoms with Crippen LogP contribution in [0.4, 0.5) is 9.18 Å². The Morgan fingerprint density at radius 2 is 2.12 bits per heavy atom. The van der Waals surface area contributed by atoms with Gasteiger partial charge >= 0.3 is 6.03 Å². The van der Waals surface area contributed by atoms with Crippen LogP contribution in [0.1, 0.15) is 12.7 Å². The summed E-state index contributed by atoms with van der Waals surface area (Å²) in [5, 5.41) is 9.99. The van der Waals surface area contributed by atoms with Crippen molar-refractivity contribution in [1.82, 2.24) is 20.1 Å². The lowest BCUT2D eigenvalue weighted by Crippen LogP contribution is -2.39. The van der Waals surface area contributed by atoms with Crippen molar-refractivity contribution in [2.24, 2.45) is 5.73 Å². The summed E-state index contributed by atoms with van der Waals surface area (Å²) in [5.41, 5.74) is 4.94. The summed E-state index contributed by atoms with van der Waals surface area (Å²) < 4.78 is 20.2. The normalized spacial score (nSPS) is 11.6. The number of amides is 3. The first kappa shape index (κ1) is 19.4. The fourth-order valence-electron chi connectivity index (χ4n) is 1.94. The molecule has 2 aromatic rings. The third kappa shape index (κ3) is 5.31. The van der Waals surface area contributed by atoms with Crippen LogP contribution >= 0.6 is 11.8 Å². The van der Waals surface area contributed by atoms with Gasteiger partial charge in [-0.05, 0) is 31.2 Å². The van der Waals surface area contributed by atoms with Crippen molar-refractivity contribution in [3.63, 3.8) is 0 Å². The van der Waals surface area contributed by atoms with Gasteiger partial charge in [0.2, 0.25) is 5.91 Å². The number of benzene rings is 1. The Hall–Kier alpha value is -2.88. The molecule has 0 aliphatic heterocycles. The lowest BCUT2D eigenvalue weighted by atomic mass is 10.3. The number of ether oxygens (including phenoxy) is 1. The monoisotopic (exact) mass is 379 g/mol. The molecule has 0 spiro atoms. The van der Waals surface area contributed by atoms with E-state index in [0.29, 0.717) is 23.3 Å². The fraction of sp³-hybridized carbons (Fsp3) is 0.250. The molecule has 1 atom stereocenters. The number of nitrogens with two attached hydrogens (primary N) is 1. The van der Waals surface area contributed by atoms with Gasteiger partial charge < -0.3 is 10.5 Å². The summed E-state index contributed by atoms with van der Waals surface area (Å²) in [5.74, 6) is 0.121. The van der Waals surface area contributed by atoms with E-state index in [9.17, 15) is 14.0 Å². The number of nitrogens with zero attached hydrogens (tertiary/aromatic N) is 3. The number of urea groups is 1. The third-order valence-electron chi connectivity index (χ3n) is 3.18. The average Bonchev–Trinajstić information content (AvgIpc) is 2.96. The van der Waals surface area contributed by atoms with Crippen molar-refractivity contribution in [3.8, 4) is 5.75 Å². The molecule has 0 saturated heterocycles. The second kappa shape index (κ2) is 8.99. The van der Waals surface area contributed by atoms with Crippen LogP contribution in [0, 0.1) is 5.82 Å². The molecular weight excluding hydrogens is 361 g/mol. The Morgan fingerprint density at radius 3 is 2.73 bits per heavy atom. The number of rotatable bonds is 8. The topological polar surface area (TPSA) is 112 Å². The van der Waals surface area contributed by atoms with Crippen LogP contribution in [-0.4, -0.2) is 32.0 Å². The zero-order valence-electron chi connectivity index (χ0n) is 14.0. The van der Waals surface area contributed by atoms with Gasteiger partial charge in [0, 0.05) is 6.54 Å². The molecule has 0 radical (unpaired) electrons. The van der Waals surface area contributed by atoms with Gasteiger partial charge in [-0.25, -0.2) is 9.18 Å². The van der Waals surface area contributed by atoms with Crippen LogP contribution < -0.4 is 15.8 Å². The van der Waals surface area contributed by atoms with E-state index in [1.54, 1.807) is 17.6 Å². The number of aromatic nitrogens is 3. The zero-order chi connectivity index (χ0) is 19.1. The number of allylic oxidation sites excluding steroid dienone is 1. The lowest BCUT2D eigenvalue weighted by Gasteiger charge is -2.12. The molecule has 0 bridgehead atoms. The number of nitrogens with one attached hydrogen (secondary N) is 1. The number of halogens is 1. The number of primary amides is 1. The molecule has 8 nitrogen and oxygen atoms in total. The first-order valence-corrected chi connectivity index (χ1v) is 8.47. The highest BCUT2D eigenvalue weighted by atomic mass is 32.2. The molecule has 2 rings (SSSR count). The highest BCUT2D eigenvalue weighted by molar-refractivity contribution is 8.00. The minimum absolute atomic E-state index is 0.106. The summed E-state index contributed by atoms with van der Waals surface area (Å²) in [4.78, 5) is 22.6. The molecule has 1 aromatic carbocycles. The molecule has 3 amide bonds. The Kier molecular flexibility index (Phi) is 6.73. The molecule has 0 aliphatic carbocycles. The van der Waals surface area contributed by atoms with Crippen molar-refractivity contribution >= 4 is 23.7 Å². The smallest absolute Gasteiger partial charge is 0.318 e. The van der Waals surface area contributed by atoms with Crippen molar-refractivity contribution in [3.05, 3.63) is 48.6 Å². The maximum atomic E-state index is 12.9. The zero-order valence-corrected chi connectivity index (χ0v) is 14.8. The van der Waals surface area contributed by atoms with Crippen molar-refractivity contribution in [2.45, 2.75) is 30.5 Å². The Labute approximate surface area is 153 Å². The van der Waals surface area contributed by atoms with E-state index >= 15 is 0 Å². The van der Waals surface area contributed by atoms with E-state index in [2.05, 4.69) is 16.8 Å². The summed E-state index contributed by atoms with van der Waals surface area (Å²) in [6, 6.07) is 4.70. The molecule has 0 unspecified atom stereocenters. The first-order valence-electron chi connectivity index (χ1n) is 7.59. The summed E-state index contributed by atoms with van der Waals surface area (Å²) in [6.07, 6.45) is 1.66. The predicted molar refractivity (Wildman–Crippen MR) is 94.0 cm³/mol. The van der Waals surface area contributed by atoms with Gasteiger partial charge in [0.15, 0.2) is 11.0 Å². The molecule has 10 heteroatoms. The van der Waals surface area contributed by atoms with Gasteiger partial charge in [-0.1, -0.05) is 17.8 Å². The third-order valence-corrected chi connectivity index (χ3v) is 4.26. The maximum absolute atomic E-state index is 12.9. The van der Waals surface area contributed by atoms with E-state index < -0.39 is 17.2 Å². The Balaban J connectivity index is 2.08. The maximum Gasteiger partial charge on any atom is 0.318 e. The van der Waals surface area contributed by atoms with E-state index in [0.717, 1.165) is 11.8 Å². The molecule has 0 fully saturated rings. The van der Waals surface area contributed by atoms with E-state index in [1.807, 2.05) is 5.32 Å². The average molecular weight is 379 g/mol. The fourth-order valence-corrected chi connectivity index (χ4v) is 2.82. The van der Waals surface area contributed by atoms with Crippen LogP contribution in [-0.2, 0) is 17.9 Å². The van der Waals surface area contributed by atoms with E-state index in [4.69, 9.17) is 10.5 Å². The van der Waals surface area contributed by atoms with Gasteiger partial charge in [-0.2, -0.15) is 0 Å². The highest BCUT2D eigenvalue weighted by Crippen LogP contribution is 2.23. The molecule has 0 aliphatic rings. The molecule has 1 heterocycles. The van der Waals surface area contributed by atoms with Gasteiger partial charge in [0.1, 0.15) is 18.2 Å². The number of carbonyl (C=O) groups excluding carboxylic acids is 2. The van der Waals surface area contributed by atoms with Crippen LogP contribution in [0.5, 0.6) is 5.75 Å². The number of imide groups is 1. The SMILES string of the molecule is C=CCn1c(COc2ccc(F)cc2)nnc1S[C@@H](C)C(=O)NC(N)=O. The van der Waals surface area contributed by atoms with E-state index in [-0.39, 0.29) is 12.4 Å². The second-order valence-electron chi connectivity index (χ2n) is 5.15. The quantitative estimate of drug-likeness (QED) is 0.535. The molecule has 138 valence electrons. The summed E-state index contributed by atoms with van der Waals surface area (Å²) in [6.45, 7) is 5.82. The summed E-state index contributed by atoms with van der Waals surface area (Å²) >= 11 is 1.12. The van der Waals surface area contributed by atoms with Crippen molar-refractivity contribution < 1.29 is 18.7 Å². The number of thioether (sulfide) groups is 1. The Bertz CT molecular complexity index is 794. The number of carbonyl (C=O) groups is 2. The van der Waals surface area contributed by atoms with Crippen LogP contribution in [0.2, 0.25) is 0 Å². The van der Waals surface area contributed by atoms with Crippen LogP contribution in [0.3, 0.4) is 0 Å². The van der Waals surface area contributed by atoms with Gasteiger partial charge in [0.25, 0.3) is 0 Å². The summed E-state index contributed by atoms with van der Waals surface area (Å²) in [7, 11) is 0. The van der Waals surface area contributed by atoms with Crippen molar-refractivity contribution in [1.29, 1.82) is 0 Å². The van der Waals surface area contributed by atoms with Gasteiger partial charge in [0.05, 0.1) is 5.25 Å². The number of hydrogen-bond donors (Lipinski definition) is 2. The van der Waals surface area contributed by atoms with Gasteiger partial charge in [-0.15, -0.1) is 16.8 Å². The van der Waals surface area contributed by atoms with E-state index in [1.165, 1.54) is 24.3 Å². The minimum Gasteiger partial charge on any atom is -0.486 e. The lowest BCUT2D eigenvalue weighted by molar-refractivity contribution is -0.119. The predicted octanol–water partition coefficient (Wildman–Crippen LogP) is 1.86. The molecule has 3 N–H and O–H groups in total. The molecule has 1 aromatic heterocycles. The minimum atomic E-state index is -0.914. The first-order chi connectivity index (χ1) is 12.4. The van der Waals surface area contributed by atoms with Gasteiger partial charge in [-0.3, -0.25) is 14.7 Å². The molecule has 26 heavy (non-hydrogen) atoms. The van der Waals surface area contributed by atoms with Crippen LogP contribution in [0.15, 0.2) is 42.1 Å². The Morgan fingerprint density at radius 1 is 1.42 bits per heavy atom. The second-order valence-corrected chi connectivity index (χ2v) is 6.46. The highest BCUT2D eigenvalue weighted by Gasteiger charge is 2.20. The standard InChI is InChI=1S/C16H18FN5O3S/c1-3-8-22-13(9-25-12-6-4-11(17)5-7-12)20-21-16(22)26-10(2)14(23)19-15(18)24/h3-7,10H,1,8-9H2,2H3,(H3,18,19,23,24)/t10-/m0/s1. The molecular formula is C16H18FN5O3S. The van der Waals surface area contributed by atoms with Crippen molar-refractivity contribution in [2.75, 3.05) is 0 Å².